The Hall–Kier alpha value is -2.48. The van der Waals surface area contributed by atoms with Gasteiger partial charge in [0.1, 0.15) is 17.0 Å². The van der Waals surface area contributed by atoms with Crippen LogP contribution in [0, 0.1) is 11.7 Å². The maximum Gasteiger partial charge on any atom is 0.180 e. The van der Waals surface area contributed by atoms with Gasteiger partial charge in [-0.25, -0.2) is 9.11 Å². The average Bonchev–Trinajstić information content (AvgIpc) is 3.43. The van der Waals surface area contributed by atoms with E-state index < -0.39 is 11.4 Å². The first-order valence-electron chi connectivity index (χ1n) is 14.4. The third-order valence-electron chi connectivity index (χ3n) is 8.13. The summed E-state index contributed by atoms with van der Waals surface area (Å²) in [6.07, 6.45) is 13.3. The average molecular weight is 549 g/mol. The van der Waals surface area contributed by atoms with Crippen molar-refractivity contribution in [2.45, 2.75) is 95.5 Å². The molecule has 3 aromatic rings. The zero-order valence-electron chi connectivity index (χ0n) is 23.5. The molecule has 1 N–H and O–H groups in total. The number of rotatable bonds is 9. The SMILES string of the molecule is CC(C)(C)c1cnc(CN2CCc3cc([S+]([O-])Nc4ccc(CCCC5CCCC5)cc4F)ccc3C2)cn1. The normalized spacial score (nSPS) is 17.3. The number of nitrogens with one attached hydrogen (secondary N) is 1. The van der Waals surface area contributed by atoms with Gasteiger partial charge in [-0.05, 0) is 66.1 Å². The van der Waals surface area contributed by atoms with Gasteiger partial charge in [0, 0.05) is 31.2 Å². The van der Waals surface area contributed by atoms with Gasteiger partial charge in [0.15, 0.2) is 10.7 Å². The van der Waals surface area contributed by atoms with Crippen molar-refractivity contribution in [2.75, 3.05) is 11.3 Å². The van der Waals surface area contributed by atoms with Crippen LogP contribution < -0.4 is 4.72 Å². The zero-order chi connectivity index (χ0) is 27.4. The molecule has 1 aliphatic carbocycles. The van der Waals surface area contributed by atoms with Crippen molar-refractivity contribution in [1.82, 2.24) is 14.9 Å². The van der Waals surface area contributed by atoms with Gasteiger partial charge in [-0.15, -0.1) is 0 Å². The van der Waals surface area contributed by atoms with E-state index in [-0.39, 0.29) is 16.9 Å². The molecule has 2 heterocycles. The zero-order valence-corrected chi connectivity index (χ0v) is 24.3. The Balaban J connectivity index is 1.15. The quantitative estimate of drug-likeness (QED) is 0.289. The number of benzene rings is 2. The molecule has 1 unspecified atom stereocenters. The second-order valence-corrected chi connectivity index (χ2v) is 13.5. The van der Waals surface area contributed by atoms with Crippen LogP contribution in [0.2, 0.25) is 0 Å². The largest absolute Gasteiger partial charge is 0.588 e. The molecule has 2 aliphatic rings. The fraction of sp³-hybridized carbons (Fsp3) is 0.500. The molecule has 2 aromatic carbocycles. The van der Waals surface area contributed by atoms with E-state index in [1.807, 2.05) is 30.6 Å². The van der Waals surface area contributed by atoms with Gasteiger partial charge in [-0.2, -0.15) is 0 Å². The van der Waals surface area contributed by atoms with Gasteiger partial charge in [0.05, 0.1) is 17.6 Å². The van der Waals surface area contributed by atoms with Gasteiger partial charge in [-0.3, -0.25) is 14.9 Å². The lowest BCUT2D eigenvalue weighted by Gasteiger charge is -2.28. The van der Waals surface area contributed by atoms with Crippen LogP contribution in [0.3, 0.4) is 0 Å². The van der Waals surface area contributed by atoms with Crippen molar-refractivity contribution in [3.63, 3.8) is 0 Å². The lowest BCUT2D eigenvalue weighted by Crippen LogP contribution is -2.30. The second kappa shape index (κ2) is 12.4. The number of fused-ring (bicyclic) bond motifs is 1. The highest BCUT2D eigenvalue weighted by Gasteiger charge is 2.22. The van der Waals surface area contributed by atoms with E-state index in [9.17, 15) is 8.94 Å². The Labute approximate surface area is 236 Å². The van der Waals surface area contributed by atoms with E-state index in [0.29, 0.717) is 4.90 Å². The molecular formula is C32H41FN4OS. The van der Waals surface area contributed by atoms with Crippen LogP contribution in [-0.4, -0.2) is 26.0 Å². The van der Waals surface area contributed by atoms with Crippen LogP contribution in [0.25, 0.3) is 0 Å². The number of nitrogens with zero attached hydrogens (tertiary/aromatic N) is 3. The highest BCUT2D eigenvalue weighted by atomic mass is 32.2. The molecule has 39 heavy (non-hydrogen) atoms. The molecule has 1 aromatic heterocycles. The molecule has 0 radical (unpaired) electrons. The summed E-state index contributed by atoms with van der Waals surface area (Å²) in [4.78, 5) is 12.3. The topological polar surface area (TPSA) is 64.1 Å². The highest BCUT2D eigenvalue weighted by Crippen LogP contribution is 2.30. The Kier molecular flexibility index (Phi) is 8.89. The van der Waals surface area contributed by atoms with E-state index >= 15 is 0 Å². The van der Waals surface area contributed by atoms with Gasteiger partial charge in [0.2, 0.25) is 0 Å². The minimum atomic E-state index is -1.53. The molecule has 208 valence electrons. The minimum absolute atomic E-state index is 0.00827. The van der Waals surface area contributed by atoms with Crippen molar-refractivity contribution in [3.05, 3.63) is 82.7 Å². The van der Waals surface area contributed by atoms with Gasteiger partial charge < -0.3 is 4.55 Å². The smallest absolute Gasteiger partial charge is 0.180 e. The van der Waals surface area contributed by atoms with Crippen molar-refractivity contribution in [2.24, 2.45) is 5.92 Å². The third-order valence-corrected chi connectivity index (χ3v) is 9.22. The van der Waals surface area contributed by atoms with E-state index in [2.05, 4.69) is 46.4 Å². The van der Waals surface area contributed by atoms with Crippen LogP contribution in [0.4, 0.5) is 10.1 Å². The predicted octanol–water partition coefficient (Wildman–Crippen LogP) is 7.12. The van der Waals surface area contributed by atoms with Gasteiger partial charge in [0.25, 0.3) is 0 Å². The molecule has 1 aliphatic heterocycles. The highest BCUT2D eigenvalue weighted by molar-refractivity contribution is 7.92. The molecule has 1 saturated carbocycles. The molecule has 1 atom stereocenters. The van der Waals surface area contributed by atoms with Crippen molar-refractivity contribution in [3.8, 4) is 0 Å². The number of halogens is 1. The predicted molar refractivity (Wildman–Crippen MR) is 156 cm³/mol. The fourth-order valence-electron chi connectivity index (χ4n) is 5.74. The molecule has 5 rings (SSSR count). The van der Waals surface area contributed by atoms with Crippen LogP contribution >= 0.6 is 0 Å². The minimum Gasteiger partial charge on any atom is -0.588 e. The maximum absolute atomic E-state index is 14.8. The first-order chi connectivity index (χ1) is 18.7. The maximum atomic E-state index is 14.8. The monoisotopic (exact) mass is 548 g/mol. The molecule has 0 spiro atoms. The van der Waals surface area contributed by atoms with Crippen LogP contribution in [0.1, 0.15) is 87.4 Å². The number of anilines is 1. The number of hydrogen-bond donors (Lipinski definition) is 1. The van der Waals surface area contributed by atoms with Crippen molar-refractivity contribution in [1.29, 1.82) is 0 Å². The second-order valence-electron chi connectivity index (χ2n) is 12.3. The fourth-order valence-corrected chi connectivity index (χ4v) is 6.66. The summed E-state index contributed by atoms with van der Waals surface area (Å²) >= 11 is -1.53. The van der Waals surface area contributed by atoms with Crippen molar-refractivity contribution >= 4 is 17.0 Å². The molecule has 5 nitrogen and oxygen atoms in total. The van der Waals surface area contributed by atoms with Crippen LogP contribution in [-0.2, 0) is 42.7 Å². The summed E-state index contributed by atoms with van der Waals surface area (Å²) in [6, 6.07) is 11.2. The van der Waals surface area contributed by atoms with Gasteiger partial charge in [-0.1, -0.05) is 65.0 Å². The lowest BCUT2D eigenvalue weighted by atomic mass is 9.93. The summed E-state index contributed by atoms with van der Waals surface area (Å²) in [5, 5.41) is 0. The van der Waals surface area contributed by atoms with Crippen molar-refractivity contribution < 1.29 is 8.94 Å². The number of aromatic nitrogens is 2. The first kappa shape index (κ1) is 28.1. The number of aryl methyl sites for hydroxylation is 1. The summed E-state index contributed by atoms with van der Waals surface area (Å²) in [6.45, 7) is 8.88. The molecule has 0 amide bonds. The summed E-state index contributed by atoms with van der Waals surface area (Å²) in [7, 11) is 0. The van der Waals surface area contributed by atoms with Gasteiger partial charge >= 0.3 is 0 Å². The van der Waals surface area contributed by atoms with Crippen LogP contribution in [0.5, 0.6) is 0 Å². The molecule has 0 saturated heterocycles. The lowest BCUT2D eigenvalue weighted by molar-refractivity contribution is 0.242. The first-order valence-corrected chi connectivity index (χ1v) is 15.5. The van der Waals surface area contributed by atoms with E-state index in [0.717, 1.165) is 61.8 Å². The Bertz CT molecular complexity index is 1250. The summed E-state index contributed by atoms with van der Waals surface area (Å²) in [5.74, 6) is 0.520. The van der Waals surface area contributed by atoms with E-state index in [4.69, 9.17) is 0 Å². The molecule has 7 heteroatoms. The molecule has 0 bridgehead atoms. The standard InChI is InChI=1S/C32H41FN4OS/c1-32(2,3)31-20-34-27(19-35-31)22-37-16-15-25-18-28(13-12-26(25)21-37)39(38)36-30-14-11-24(17-29(30)33)10-6-9-23-7-4-5-8-23/h11-14,17-20,23,36H,4-10,15-16,21-22H2,1-3H3. The van der Waals surface area contributed by atoms with E-state index in [1.54, 1.807) is 12.1 Å². The molecular weight excluding hydrogens is 507 g/mol. The summed E-state index contributed by atoms with van der Waals surface area (Å²) in [5.41, 5.74) is 5.68. The summed E-state index contributed by atoms with van der Waals surface area (Å²) < 4.78 is 30.8. The third kappa shape index (κ3) is 7.38. The van der Waals surface area contributed by atoms with E-state index in [1.165, 1.54) is 43.2 Å². The number of hydrogen-bond acceptors (Lipinski definition) is 5. The Morgan fingerprint density at radius 1 is 1.05 bits per heavy atom. The van der Waals surface area contributed by atoms with Crippen LogP contribution in [0.15, 0.2) is 53.7 Å². The Morgan fingerprint density at radius 2 is 1.87 bits per heavy atom. The Morgan fingerprint density at radius 3 is 2.59 bits per heavy atom. The molecule has 1 fully saturated rings.